The Hall–Kier alpha value is -4.83. The molecule has 2 unspecified atom stereocenters. The SMILES string of the molecule is CC/C=C\C/C=C\C/C=C\C/C=C\C/C=C\C/C=C\C/C=C\C/C=C\C/C=C\C/C=C\C/C=C\CCCCCC(=O)OC(COC(=O)CCCCCCCCCCCCCCCCCCC/C=C\CCCCCCCCCC)COC(OCC[N+](C)(C)C)C(=O)[O-]. The summed E-state index contributed by atoms with van der Waals surface area (Å²) in [5, 5.41) is 11.8. The van der Waals surface area contributed by atoms with Gasteiger partial charge in [-0.2, -0.15) is 0 Å². The Labute approximate surface area is 560 Å². The lowest BCUT2D eigenvalue weighted by Crippen LogP contribution is -2.44. The van der Waals surface area contributed by atoms with E-state index in [9.17, 15) is 19.5 Å². The Morgan fingerprint density at radius 2 is 0.626 bits per heavy atom. The van der Waals surface area contributed by atoms with Crippen molar-refractivity contribution in [3.05, 3.63) is 146 Å². The number of hydrogen-bond acceptors (Lipinski definition) is 8. The number of carboxylic acid groups (broad SMARTS) is 1. The van der Waals surface area contributed by atoms with Gasteiger partial charge in [-0.1, -0.05) is 307 Å². The summed E-state index contributed by atoms with van der Waals surface area (Å²) in [6.45, 7) is 4.61. The van der Waals surface area contributed by atoms with E-state index in [1.165, 1.54) is 154 Å². The van der Waals surface area contributed by atoms with Crippen LogP contribution in [0.25, 0.3) is 0 Å². The molecule has 0 bridgehead atoms. The van der Waals surface area contributed by atoms with Crippen molar-refractivity contribution < 1.29 is 42.9 Å². The number of carbonyl (C=O) groups excluding carboxylic acids is 3. The van der Waals surface area contributed by atoms with Crippen LogP contribution in [0.1, 0.15) is 296 Å². The number of rotatable bonds is 67. The molecule has 0 N–H and O–H groups in total. The normalized spacial score (nSPS) is 13.5. The zero-order chi connectivity index (χ0) is 66.1. The highest BCUT2D eigenvalue weighted by molar-refractivity contribution is 5.70. The number of carboxylic acids is 1. The van der Waals surface area contributed by atoms with Crippen LogP contribution in [0.15, 0.2) is 146 Å². The lowest BCUT2D eigenvalue weighted by molar-refractivity contribution is -0.870. The summed E-state index contributed by atoms with van der Waals surface area (Å²) in [5.41, 5.74) is 0. The molecule has 9 nitrogen and oxygen atoms in total. The highest BCUT2D eigenvalue weighted by atomic mass is 16.7. The Kier molecular flexibility index (Phi) is 67.3. The third kappa shape index (κ3) is 72.5. The highest BCUT2D eigenvalue weighted by Gasteiger charge is 2.22. The molecule has 0 amide bonds. The molecule has 0 saturated heterocycles. The standard InChI is InChI=1S/C82H137NO8/c1-6-8-10-12-14-16-18-20-22-24-26-28-30-32-34-36-37-38-39-40-41-42-43-45-47-49-51-53-55-57-59-61-63-65-67-69-71-73-80(85)91-78(77-90-82(81(86)87)88-75-74-83(3,4)5)76-89-79(84)72-70-68-66-64-62-60-58-56-54-52-50-48-46-44-35-33-31-29-27-25-23-21-19-17-15-13-11-9-7-2/h8,10,14,16,20,22,25-28,32,34,37-38,40-41,43,45,49,51,55,57,61,63,78,82H,6-7,9,11-13,15,17-19,21,23-24,29-31,33,35-36,39,42,44,46-48,50,52-54,56,58-60,62,64-77H2,1-5H3/b10-8-,16-14-,22-20-,27-25-,28-26-,34-32-,38-37-,41-40-,45-43-,51-49-,57-55-,63-61-. The maximum Gasteiger partial charge on any atom is 0.306 e. The first-order chi connectivity index (χ1) is 44.6. The van der Waals surface area contributed by atoms with Crippen molar-refractivity contribution in [2.24, 2.45) is 0 Å². The van der Waals surface area contributed by atoms with E-state index < -0.39 is 24.3 Å². The van der Waals surface area contributed by atoms with Crippen LogP contribution in [-0.4, -0.2) is 82.3 Å². The second kappa shape index (κ2) is 71.0. The first-order valence-electron chi connectivity index (χ1n) is 37.0. The summed E-state index contributed by atoms with van der Waals surface area (Å²) in [7, 11) is 5.91. The summed E-state index contributed by atoms with van der Waals surface area (Å²) in [5.74, 6) is -2.33. The molecule has 518 valence electrons. The molecule has 0 aromatic heterocycles. The molecule has 91 heavy (non-hydrogen) atoms. The van der Waals surface area contributed by atoms with Crippen LogP contribution in [0.2, 0.25) is 0 Å². The first-order valence-corrected chi connectivity index (χ1v) is 37.0. The number of esters is 2. The van der Waals surface area contributed by atoms with Crippen LogP contribution in [0, 0.1) is 0 Å². The molecule has 0 aliphatic rings. The maximum atomic E-state index is 12.9. The van der Waals surface area contributed by atoms with Crippen LogP contribution in [-0.2, 0) is 33.3 Å². The summed E-state index contributed by atoms with van der Waals surface area (Å²) in [6.07, 6.45) is 101. The lowest BCUT2D eigenvalue weighted by atomic mass is 10.0. The van der Waals surface area contributed by atoms with Crippen LogP contribution < -0.4 is 5.11 Å². The van der Waals surface area contributed by atoms with E-state index in [0.717, 1.165) is 109 Å². The number of aliphatic carboxylic acids is 1. The van der Waals surface area contributed by atoms with Gasteiger partial charge in [0.05, 0.1) is 40.3 Å². The summed E-state index contributed by atoms with van der Waals surface area (Å²) >= 11 is 0. The van der Waals surface area contributed by atoms with Crippen molar-refractivity contribution in [2.75, 3.05) is 47.5 Å². The summed E-state index contributed by atoms with van der Waals surface area (Å²) < 4.78 is 22.8. The van der Waals surface area contributed by atoms with Gasteiger partial charge in [-0.3, -0.25) is 9.59 Å². The largest absolute Gasteiger partial charge is 0.545 e. The fourth-order valence-corrected chi connectivity index (χ4v) is 9.95. The van der Waals surface area contributed by atoms with Crippen molar-refractivity contribution in [3.8, 4) is 0 Å². The molecule has 0 aliphatic carbocycles. The predicted octanol–water partition coefficient (Wildman–Crippen LogP) is 22.1. The van der Waals surface area contributed by atoms with Gasteiger partial charge in [-0.15, -0.1) is 0 Å². The smallest absolute Gasteiger partial charge is 0.306 e. The van der Waals surface area contributed by atoms with Crippen molar-refractivity contribution in [1.82, 2.24) is 0 Å². The van der Waals surface area contributed by atoms with Gasteiger partial charge in [-0.05, 0) is 122 Å². The van der Waals surface area contributed by atoms with Gasteiger partial charge < -0.3 is 33.3 Å². The van der Waals surface area contributed by atoms with Gasteiger partial charge in [0.15, 0.2) is 12.4 Å². The minimum absolute atomic E-state index is 0.134. The van der Waals surface area contributed by atoms with Crippen molar-refractivity contribution >= 4 is 17.9 Å². The van der Waals surface area contributed by atoms with E-state index in [1.54, 1.807) is 0 Å². The second-order valence-corrected chi connectivity index (χ2v) is 25.5. The number of nitrogens with zero attached hydrogens (tertiary/aromatic N) is 1. The monoisotopic (exact) mass is 1260 g/mol. The van der Waals surface area contributed by atoms with Crippen LogP contribution in [0.5, 0.6) is 0 Å². The third-order valence-electron chi connectivity index (χ3n) is 15.6. The molecule has 2 atom stereocenters. The van der Waals surface area contributed by atoms with Gasteiger partial charge in [0, 0.05) is 12.8 Å². The fraction of sp³-hybridized carbons (Fsp3) is 0.671. The molecule has 0 aliphatic heterocycles. The van der Waals surface area contributed by atoms with Gasteiger partial charge in [0.2, 0.25) is 0 Å². The lowest BCUT2D eigenvalue weighted by Gasteiger charge is -2.26. The number of carbonyl (C=O) groups is 3. The summed E-state index contributed by atoms with van der Waals surface area (Å²) in [6, 6.07) is 0. The zero-order valence-electron chi connectivity index (χ0n) is 59.2. The maximum absolute atomic E-state index is 12.9. The molecule has 0 heterocycles. The minimum Gasteiger partial charge on any atom is -0.545 e. The number of hydrogen-bond donors (Lipinski definition) is 0. The number of ether oxygens (including phenoxy) is 4. The van der Waals surface area contributed by atoms with E-state index in [2.05, 4.69) is 160 Å². The average molecular weight is 1260 g/mol. The van der Waals surface area contributed by atoms with Crippen molar-refractivity contribution in [2.45, 2.75) is 309 Å². The van der Waals surface area contributed by atoms with Crippen LogP contribution in [0.3, 0.4) is 0 Å². The molecule has 0 aromatic carbocycles. The minimum atomic E-state index is -1.64. The number of likely N-dealkylation sites (N-methyl/N-ethyl adjacent to an activating group) is 1. The molecular weight excluding hydrogens is 1130 g/mol. The molecule has 0 rings (SSSR count). The van der Waals surface area contributed by atoms with Gasteiger partial charge >= 0.3 is 11.9 Å². The molecule has 9 heteroatoms. The van der Waals surface area contributed by atoms with Crippen LogP contribution in [0.4, 0.5) is 0 Å². The molecule has 0 spiro atoms. The first kappa shape index (κ1) is 86.2. The van der Waals surface area contributed by atoms with Gasteiger partial charge in [0.25, 0.3) is 0 Å². The average Bonchev–Trinajstić information content (AvgIpc) is 3.50. The Morgan fingerprint density at radius 3 is 0.956 bits per heavy atom. The van der Waals surface area contributed by atoms with Gasteiger partial charge in [0.1, 0.15) is 13.2 Å². The summed E-state index contributed by atoms with van der Waals surface area (Å²) in [4.78, 5) is 37.5. The quantitative estimate of drug-likeness (QED) is 0.0195. The fourth-order valence-electron chi connectivity index (χ4n) is 9.95. The zero-order valence-corrected chi connectivity index (χ0v) is 59.2. The third-order valence-corrected chi connectivity index (χ3v) is 15.6. The second-order valence-electron chi connectivity index (χ2n) is 25.5. The Balaban J connectivity index is 4.21. The van der Waals surface area contributed by atoms with E-state index in [0.29, 0.717) is 17.4 Å². The van der Waals surface area contributed by atoms with E-state index in [1.807, 2.05) is 21.1 Å². The predicted molar refractivity (Wildman–Crippen MR) is 389 cm³/mol. The van der Waals surface area contributed by atoms with Gasteiger partial charge in [-0.25, -0.2) is 0 Å². The van der Waals surface area contributed by atoms with Crippen molar-refractivity contribution in [3.63, 3.8) is 0 Å². The van der Waals surface area contributed by atoms with E-state index in [4.69, 9.17) is 18.9 Å². The topological polar surface area (TPSA) is 111 Å². The number of allylic oxidation sites excluding steroid dienone is 24. The van der Waals surface area contributed by atoms with Crippen molar-refractivity contribution in [1.29, 1.82) is 0 Å². The molecule has 0 fully saturated rings. The van der Waals surface area contributed by atoms with Crippen LogP contribution >= 0.6 is 0 Å². The van der Waals surface area contributed by atoms with E-state index >= 15 is 0 Å². The molecular formula is C82H137NO8. The van der Waals surface area contributed by atoms with E-state index in [-0.39, 0.29) is 38.6 Å². The molecule has 0 aromatic rings. The molecule has 0 radical (unpaired) electrons. The molecule has 0 saturated carbocycles. The highest BCUT2D eigenvalue weighted by Crippen LogP contribution is 2.17. The Morgan fingerprint density at radius 1 is 0.341 bits per heavy atom. The Bertz CT molecular complexity index is 2010. The number of unbranched alkanes of at least 4 members (excludes halogenated alkanes) is 28. The number of quaternary nitrogens is 1.